The Morgan fingerprint density at radius 3 is 2.67 bits per heavy atom. The molecule has 0 saturated carbocycles. The minimum Gasteiger partial charge on any atom is -0.494 e. The van der Waals surface area contributed by atoms with Crippen molar-refractivity contribution in [3.05, 3.63) is 29.3 Å². The number of likely N-dealkylation sites (tertiary alicyclic amines) is 1. The number of nitrogens with two attached hydrogens (primary N) is 1. The summed E-state index contributed by atoms with van der Waals surface area (Å²) in [6.45, 7) is 1.54. The van der Waals surface area contributed by atoms with Crippen molar-refractivity contribution in [2.45, 2.75) is 19.3 Å². The summed E-state index contributed by atoms with van der Waals surface area (Å²) in [5, 5.41) is 0.663. The van der Waals surface area contributed by atoms with E-state index in [4.69, 9.17) is 22.1 Å². The van der Waals surface area contributed by atoms with E-state index in [-0.39, 0.29) is 17.7 Å². The molecule has 0 radical (unpaired) electrons. The van der Waals surface area contributed by atoms with Crippen molar-refractivity contribution in [3.8, 4) is 5.75 Å². The first-order chi connectivity index (χ1) is 10.1. The summed E-state index contributed by atoms with van der Waals surface area (Å²) in [7, 11) is 0. The van der Waals surface area contributed by atoms with Crippen molar-refractivity contribution < 1.29 is 14.3 Å². The third kappa shape index (κ3) is 4.63. The van der Waals surface area contributed by atoms with Gasteiger partial charge in [0.1, 0.15) is 5.75 Å². The van der Waals surface area contributed by atoms with Crippen molar-refractivity contribution in [1.29, 1.82) is 0 Å². The Balaban J connectivity index is 1.66. The second-order valence-corrected chi connectivity index (χ2v) is 5.57. The fourth-order valence-corrected chi connectivity index (χ4v) is 2.45. The molecule has 1 aromatic rings. The SMILES string of the molecule is NC(=O)[C@@H]1CCN(C(=O)CCCOc2ccc(Cl)cc2)C1. The van der Waals surface area contributed by atoms with E-state index in [9.17, 15) is 9.59 Å². The van der Waals surface area contributed by atoms with Crippen LogP contribution in [0, 0.1) is 5.92 Å². The van der Waals surface area contributed by atoms with E-state index in [1.807, 2.05) is 0 Å². The van der Waals surface area contributed by atoms with Crippen LogP contribution in [0.1, 0.15) is 19.3 Å². The van der Waals surface area contributed by atoms with Gasteiger partial charge in [-0.1, -0.05) is 11.6 Å². The summed E-state index contributed by atoms with van der Waals surface area (Å²) in [5.74, 6) is 0.274. The number of hydrogen-bond acceptors (Lipinski definition) is 3. The number of ether oxygens (including phenoxy) is 1. The van der Waals surface area contributed by atoms with Crippen LogP contribution in [0.4, 0.5) is 0 Å². The molecule has 2 amide bonds. The van der Waals surface area contributed by atoms with Gasteiger partial charge in [0, 0.05) is 24.5 Å². The number of primary amides is 1. The maximum Gasteiger partial charge on any atom is 0.222 e. The molecular formula is C15H19ClN2O3. The van der Waals surface area contributed by atoms with Crippen LogP contribution < -0.4 is 10.5 Å². The predicted molar refractivity (Wildman–Crippen MR) is 80.1 cm³/mol. The van der Waals surface area contributed by atoms with Crippen LogP contribution in [0.15, 0.2) is 24.3 Å². The molecule has 2 N–H and O–H groups in total. The lowest BCUT2D eigenvalue weighted by atomic mass is 10.1. The molecule has 1 aliphatic rings. The van der Waals surface area contributed by atoms with E-state index >= 15 is 0 Å². The van der Waals surface area contributed by atoms with E-state index in [2.05, 4.69) is 0 Å². The highest BCUT2D eigenvalue weighted by atomic mass is 35.5. The zero-order valence-electron chi connectivity index (χ0n) is 11.8. The van der Waals surface area contributed by atoms with Gasteiger partial charge < -0.3 is 15.4 Å². The molecule has 1 saturated heterocycles. The molecule has 0 bridgehead atoms. The van der Waals surface area contributed by atoms with E-state index in [1.54, 1.807) is 29.2 Å². The van der Waals surface area contributed by atoms with Gasteiger partial charge in [-0.3, -0.25) is 9.59 Å². The zero-order chi connectivity index (χ0) is 15.2. The van der Waals surface area contributed by atoms with Crippen LogP contribution in [0.2, 0.25) is 5.02 Å². The van der Waals surface area contributed by atoms with Crippen molar-refractivity contribution in [1.82, 2.24) is 4.90 Å². The Morgan fingerprint density at radius 1 is 1.33 bits per heavy atom. The molecule has 6 heteroatoms. The molecule has 1 aromatic carbocycles. The van der Waals surface area contributed by atoms with Crippen LogP contribution in [0.5, 0.6) is 5.75 Å². The van der Waals surface area contributed by atoms with Gasteiger partial charge in [0.05, 0.1) is 12.5 Å². The number of amides is 2. The average Bonchev–Trinajstić information content (AvgIpc) is 2.95. The fourth-order valence-electron chi connectivity index (χ4n) is 2.32. The molecule has 0 aliphatic carbocycles. The van der Waals surface area contributed by atoms with Gasteiger partial charge in [0.25, 0.3) is 0 Å². The van der Waals surface area contributed by atoms with Gasteiger partial charge in [-0.05, 0) is 37.1 Å². The average molecular weight is 311 g/mol. The molecule has 114 valence electrons. The lowest BCUT2D eigenvalue weighted by Gasteiger charge is -2.15. The van der Waals surface area contributed by atoms with Crippen LogP contribution in [0.3, 0.4) is 0 Å². The molecule has 1 heterocycles. The first-order valence-electron chi connectivity index (χ1n) is 7.01. The highest BCUT2D eigenvalue weighted by Gasteiger charge is 2.29. The molecular weight excluding hydrogens is 292 g/mol. The number of rotatable bonds is 6. The number of benzene rings is 1. The number of halogens is 1. The second-order valence-electron chi connectivity index (χ2n) is 5.13. The van der Waals surface area contributed by atoms with Crippen molar-refractivity contribution in [2.75, 3.05) is 19.7 Å². The van der Waals surface area contributed by atoms with Gasteiger partial charge in [-0.25, -0.2) is 0 Å². The van der Waals surface area contributed by atoms with Gasteiger partial charge in [-0.2, -0.15) is 0 Å². The molecule has 1 fully saturated rings. The summed E-state index contributed by atoms with van der Waals surface area (Å²) in [6, 6.07) is 7.11. The minimum absolute atomic E-state index is 0.0541. The summed E-state index contributed by atoms with van der Waals surface area (Å²) >= 11 is 5.78. The highest BCUT2D eigenvalue weighted by molar-refractivity contribution is 6.30. The molecule has 1 aliphatic heterocycles. The van der Waals surface area contributed by atoms with Gasteiger partial charge in [-0.15, -0.1) is 0 Å². The number of carbonyl (C=O) groups excluding carboxylic acids is 2. The largest absolute Gasteiger partial charge is 0.494 e. The highest BCUT2D eigenvalue weighted by Crippen LogP contribution is 2.18. The third-order valence-electron chi connectivity index (χ3n) is 3.56. The van der Waals surface area contributed by atoms with E-state index < -0.39 is 0 Å². The van der Waals surface area contributed by atoms with Crippen molar-refractivity contribution in [2.24, 2.45) is 11.7 Å². The third-order valence-corrected chi connectivity index (χ3v) is 3.81. The Morgan fingerprint density at radius 2 is 2.05 bits per heavy atom. The second kappa shape index (κ2) is 7.31. The van der Waals surface area contributed by atoms with Crippen LogP contribution in [-0.4, -0.2) is 36.4 Å². The number of hydrogen-bond donors (Lipinski definition) is 1. The Bertz CT molecular complexity index is 504. The Labute approximate surface area is 129 Å². The lowest BCUT2D eigenvalue weighted by Crippen LogP contribution is -2.31. The molecule has 0 unspecified atom stereocenters. The quantitative estimate of drug-likeness (QED) is 0.815. The normalized spacial score (nSPS) is 17.8. The summed E-state index contributed by atoms with van der Waals surface area (Å²) in [6.07, 6.45) is 1.72. The van der Waals surface area contributed by atoms with E-state index in [0.29, 0.717) is 44.0 Å². The maximum atomic E-state index is 12.0. The summed E-state index contributed by atoms with van der Waals surface area (Å²) < 4.78 is 5.53. The topological polar surface area (TPSA) is 72.6 Å². The monoisotopic (exact) mass is 310 g/mol. The van der Waals surface area contributed by atoms with Crippen LogP contribution in [-0.2, 0) is 9.59 Å². The van der Waals surface area contributed by atoms with Crippen molar-refractivity contribution in [3.63, 3.8) is 0 Å². The van der Waals surface area contributed by atoms with Crippen molar-refractivity contribution >= 4 is 23.4 Å². The number of carbonyl (C=O) groups is 2. The van der Waals surface area contributed by atoms with E-state index in [1.165, 1.54) is 0 Å². The van der Waals surface area contributed by atoms with Gasteiger partial charge in [0.2, 0.25) is 11.8 Å². The fraction of sp³-hybridized carbons (Fsp3) is 0.467. The first-order valence-corrected chi connectivity index (χ1v) is 7.39. The molecule has 0 spiro atoms. The summed E-state index contributed by atoms with van der Waals surface area (Å²) in [5.41, 5.74) is 5.25. The Kier molecular flexibility index (Phi) is 5.44. The lowest BCUT2D eigenvalue weighted by molar-refractivity contribution is -0.130. The van der Waals surface area contributed by atoms with E-state index in [0.717, 1.165) is 5.75 Å². The summed E-state index contributed by atoms with van der Waals surface area (Å²) in [4.78, 5) is 24.7. The Hall–Kier alpha value is -1.75. The smallest absolute Gasteiger partial charge is 0.222 e. The first kappa shape index (κ1) is 15.6. The molecule has 5 nitrogen and oxygen atoms in total. The van der Waals surface area contributed by atoms with Gasteiger partial charge >= 0.3 is 0 Å². The zero-order valence-corrected chi connectivity index (χ0v) is 12.5. The molecule has 1 atom stereocenters. The van der Waals surface area contributed by atoms with Crippen LogP contribution in [0.25, 0.3) is 0 Å². The predicted octanol–water partition coefficient (Wildman–Crippen LogP) is 1.83. The molecule has 0 aromatic heterocycles. The minimum atomic E-state index is -0.323. The maximum absolute atomic E-state index is 12.0. The molecule has 2 rings (SSSR count). The van der Waals surface area contributed by atoms with Crippen LogP contribution >= 0.6 is 11.6 Å². The standard InChI is InChI=1S/C15H19ClN2O3/c16-12-3-5-13(6-4-12)21-9-1-2-14(19)18-8-7-11(10-18)15(17)20/h3-6,11H,1-2,7-10H2,(H2,17,20)/t11-/m1/s1. The molecule has 21 heavy (non-hydrogen) atoms. The van der Waals surface area contributed by atoms with Gasteiger partial charge in [0.15, 0.2) is 0 Å². The number of nitrogens with zero attached hydrogens (tertiary/aromatic N) is 1.